The summed E-state index contributed by atoms with van der Waals surface area (Å²) in [5.74, 6) is 0.235. The summed E-state index contributed by atoms with van der Waals surface area (Å²) in [5.41, 5.74) is 3.84. The van der Waals surface area contributed by atoms with Crippen molar-refractivity contribution in [1.82, 2.24) is 5.43 Å². The highest BCUT2D eigenvalue weighted by Crippen LogP contribution is 2.16. The largest absolute Gasteiger partial charge is 0.507 e. The molecule has 0 aliphatic rings. The van der Waals surface area contributed by atoms with E-state index in [1.807, 2.05) is 6.92 Å². The van der Waals surface area contributed by atoms with Crippen LogP contribution in [0.4, 0.5) is 0 Å². The number of rotatable bonds is 5. The van der Waals surface area contributed by atoms with Crippen LogP contribution < -0.4 is 10.2 Å². The number of ether oxygens (including phenoxy) is 1. The topological polar surface area (TPSA) is 70.9 Å². The van der Waals surface area contributed by atoms with Gasteiger partial charge in [-0.25, -0.2) is 5.43 Å². The Labute approximate surface area is 133 Å². The Morgan fingerprint density at radius 3 is 2.77 bits per heavy atom. The number of hydrogen-bond donors (Lipinski definition) is 2. The second-order valence-electron chi connectivity index (χ2n) is 4.60. The van der Waals surface area contributed by atoms with Crippen LogP contribution in [0.25, 0.3) is 0 Å². The first-order valence-corrected chi connectivity index (χ1v) is 6.92. The number of carbonyl (C=O) groups is 1. The Morgan fingerprint density at radius 2 is 2.05 bits per heavy atom. The number of hydrazone groups is 1. The third-order valence-electron chi connectivity index (χ3n) is 2.76. The minimum absolute atomic E-state index is 0.0982. The van der Waals surface area contributed by atoms with Gasteiger partial charge < -0.3 is 9.84 Å². The van der Waals surface area contributed by atoms with E-state index < -0.39 is 5.91 Å². The summed E-state index contributed by atoms with van der Waals surface area (Å²) in [7, 11) is 0. The van der Waals surface area contributed by atoms with Crippen molar-refractivity contribution in [3.05, 3.63) is 58.6 Å². The number of carbonyl (C=O) groups excluding carboxylic acids is 1. The van der Waals surface area contributed by atoms with Gasteiger partial charge in [0.25, 0.3) is 5.91 Å². The molecule has 2 N–H and O–H groups in total. The van der Waals surface area contributed by atoms with Gasteiger partial charge in [-0.1, -0.05) is 23.2 Å². The second-order valence-corrected chi connectivity index (χ2v) is 5.03. The van der Waals surface area contributed by atoms with Crippen LogP contribution in [0, 0.1) is 6.92 Å². The van der Waals surface area contributed by atoms with Crippen LogP contribution in [0.5, 0.6) is 11.5 Å². The fraction of sp³-hybridized carbons (Fsp3) is 0.125. The number of phenols is 1. The molecule has 0 aliphatic heterocycles. The summed E-state index contributed by atoms with van der Waals surface area (Å²) >= 11 is 5.75. The van der Waals surface area contributed by atoms with E-state index in [2.05, 4.69) is 10.5 Å². The van der Waals surface area contributed by atoms with Crippen molar-refractivity contribution in [2.24, 2.45) is 5.10 Å². The zero-order valence-electron chi connectivity index (χ0n) is 11.9. The van der Waals surface area contributed by atoms with Crippen LogP contribution in [-0.2, 0) is 4.79 Å². The number of phenolic OH excluding ortho intramolecular Hbond substituents is 1. The van der Waals surface area contributed by atoms with E-state index in [1.165, 1.54) is 6.21 Å². The molecule has 0 aromatic heterocycles. The van der Waals surface area contributed by atoms with Gasteiger partial charge in [0.15, 0.2) is 6.61 Å². The van der Waals surface area contributed by atoms with Crippen LogP contribution in [0.1, 0.15) is 11.1 Å². The molecule has 5 nitrogen and oxygen atoms in total. The molecule has 0 aliphatic carbocycles. The first-order chi connectivity index (χ1) is 10.5. The third-order valence-corrected chi connectivity index (χ3v) is 3.01. The molecule has 2 aromatic rings. The molecular weight excluding hydrogens is 304 g/mol. The van der Waals surface area contributed by atoms with Crippen molar-refractivity contribution in [2.45, 2.75) is 6.92 Å². The summed E-state index contributed by atoms with van der Waals surface area (Å²) in [5, 5.41) is 14.0. The molecular formula is C16H15ClN2O3. The maximum absolute atomic E-state index is 11.6. The minimum Gasteiger partial charge on any atom is -0.507 e. The fourth-order valence-electron chi connectivity index (χ4n) is 1.66. The molecule has 0 unspecified atom stereocenters. The van der Waals surface area contributed by atoms with Gasteiger partial charge in [-0.3, -0.25) is 4.79 Å². The molecule has 114 valence electrons. The van der Waals surface area contributed by atoms with E-state index >= 15 is 0 Å². The summed E-state index contributed by atoms with van der Waals surface area (Å²) in [4.78, 5) is 11.6. The summed E-state index contributed by atoms with van der Waals surface area (Å²) in [6.45, 7) is 1.73. The minimum atomic E-state index is -0.404. The van der Waals surface area contributed by atoms with Gasteiger partial charge in [0.05, 0.1) is 6.21 Å². The molecule has 2 aromatic carbocycles. The number of halogens is 1. The normalized spacial score (nSPS) is 10.6. The lowest BCUT2D eigenvalue weighted by molar-refractivity contribution is -0.123. The van der Waals surface area contributed by atoms with Crippen LogP contribution in [0.3, 0.4) is 0 Å². The van der Waals surface area contributed by atoms with Crippen LogP contribution in [0.15, 0.2) is 47.6 Å². The van der Waals surface area contributed by atoms with Crippen LogP contribution in [-0.4, -0.2) is 23.8 Å². The Hall–Kier alpha value is -2.53. The highest BCUT2D eigenvalue weighted by Gasteiger charge is 2.02. The lowest BCUT2D eigenvalue weighted by Crippen LogP contribution is -2.24. The molecule has 0 heterocycles. The Bertz CT molecular complexity index is 684. The summed E-state index contributed by atoms with van der Waals surface area (Å²) in [6.07, 6.45) is 1.38. The van der Waals surface area contributed by atoms with Gasteiger partial charge in [0.2, 0.25) is 0 Å². The van der Waals surface area contributed by atoms with Crippen molar-refractivity contribution in [3.63, 3.8) is 0 Å². The highest BCUT2D eigenvalue weighted by atomic mass is 35.5. The predicted molar refractivity (Wildman–Crippen MR) is 85.5 cm³/mol. The fourth-order valence-corrected chi connectivity index (χ4v) is 1.79. The maximum atomic E-state index is 11.6. The molecule has 0 radical (unpaired) electrons. The number of aromatic hydroxyl groups is 1. The first kappa shape index (κ1) is 15.9. The molecule has 2 rings (SSSR count). The molecule has 0 bridgehead atoms. The zero-order valence-corrected chi connectivity index (χ0v) is 12.7. The number of hydrogen-bond acceptors (Lipinski definition) is 4. The number of nitrogens with one attached hydrogen (secondary N) is 1. The van der Waals surface area contributed by atoms with Gasteiger partial charge in [-0.2, -0.15) is 5.10 Å². The van der Waals surface area contributed by atoms with Gasteiger partial charge in [-0.15, -0.1) is 0 Å². The maximum Gasteiger partial charge on any atom is 0.277 e. The van der Waals surface area contributed by atoms with Gasteiger partial charge in [0.1, 0.15) is 11.5 Å². The number of nitrogens with zero attached hydrogens (tertiary/aromatic N) is 1. The highest BCUT2D eigenvalue weighted by molar-refractivity contribution is 6.30. The predicted octanol–water partition coefficient (Wildman–Crippen LogP) is 2.88. The quantitative estimate of drug-likeness (QED) is 0.658. The standard InChI is InChI=1S/C16H15ClN2O3/c1-11-2-7-15(20)12(8-11)9-18-19-16(21)10-22-14-5-3-13(17)4-6-14/h2-9,20H,10H2,1H3,(H,19,21)/b18-9-. The first-order valence-electron chi connectivity index (χ1n) is 6.54. The molecule has 0 fully saturated rings. The zero-order chi connectivity index (χ0) is 15.9. The Kier molecular flexibility index (Phi) is 5.38. The van der Waals surface area contributed by atoms with Crippen LogP contribution in [0.2, 0.25) is 5.02 Å². The van der Waals surface area contributed by atoms with Crippen molar-refractivity contribution in [1.29, 1.82) is 0 Å². The smallest absolute Gasteiger partial charge is 0.277 e. The summed E-state index contributed by atoms with van der Waals surface area (Å²) in [6, 6.07) is 11.8. The van der Waals surface area contributed by atoms with E-state index in [1.54, 1.807) is 42.5 Å². The summed E-state index contributed by atoms with van der Waals surface area (Å²) < 4.78 is 5.27. The monoisotopic (exact) mass is 318 g/mol. The molecule has 0 atom stereocenters. The lowest BCUT2D eigenvalue weighted by Gasteiger charge is -2.05. The SMILES string of the molecule is Cc1ccc(O)c(/C=N\NC(=O)COc2ccc(Cl)cc2)c1. The molecule has 0 saturated carbocycles. The van der Waals surface area contributed by atoms with Gasteiger partial charge >= 0.3 is 0 Å². The average Bonchev–Trinajstić information content (AvgIpc) is 2.50. The van der Waals surface area contributed by atoms with E-state index in [9.17, 15) is 9.90 Å². The lowest BCUT2D eigenvalue weighted by atomic mass is 10.1. The third kappa shape index (κ3) is 4.79. The van der Waals surface area contributed by atoms with E-state index in [4.69, 9.17) is 16.3 Å². The van der Waals surface area contributed by atoms with Gasteiger partial charge in [-0.05, 0) is 43.3 Å². The molecule has 0 spiro atoms. The number of aryl methyl sites for hydroxylation is 1. The molecule has 1 amide bonds. The van der Waals surface area contributed by atoms with Crippen LogP contribution >= 0.6 is 11.6 Å². The van der Waals surface area contributed by atoms with E-state index in [-0.39, 0.29) is 12.4 Å². The molecule has 6 heteroatoms. The number of benzene rings is 2. The second kappa shape index (κ2) is 7.47. The Balaban J connectivity index is 1.83. The van der Waals surface area contributed by atoms with Crippen molar-refractivity contribution >= 4 is 23.7 Å². The van der Waals surface area contributed by atoms with Gasteiger partial charge in [0, 0.05) is 10.6 Å². The van der Waals surface area contributed by atoms with Crippen molar-refractivity contribution < 1.29 is 14.6 Å². The molecule has 22 heavy (non-hydrogen) atoms. The molecule has 0 saturated heterocycles. The van der Waals surface area contributed by atoms with Crippen molar-refractivity contribution in [2.75, 3.05) is 6.61 Å². The van der Waals surface area contributed by atoms with E-state index in [0.29, 0.717) is 16.3 Å². The van der Waals surface area contributed by atoms with Crippen molar-refractivity contribution in [3.8, 4) is 11.5 Å². The Morgan fingerprint density at radius 1 is 1.32 bits per heavy atom. The van der Waals surface area contributed by atoms with E-state index in [0.717, 1.165) is 5.56 Å². The average molecular weight is 319 g/mol. The number of amides is 1.